The number of carbonyl (C=O) groups is 2. The molecule has 0 aliphatic rings. The summed E-state index contributed by atoms with van der Waals surface area (Å²) in [6, 6.07) is 6.05. The van der Waals surface area contributed by atoms with E-state index < -0.39 is 11.9 Å². The van der Waals surface area contributed by atoms with E-state index in [2.05, 4.69) is 9.47 Å². The van der Waals surface area contributed by atoms with Crippen molar-refractivity contribution in [3.8, 4) is 0 Å². The number of hydrogen-bond donors (Lipinski definition) is 0. The van der Waals surface area contributed by atoms with E-state index in [-0.39, 0.29) is 52.8 Å². The van der Waals surface area contributed by atoms with E-state index in [0.717, 1.165) is 0 Å². The number of hydrogen-bond acceptors (Lipinski definition) is 4. The molecule has 0 spiro atoms. The Bertz CT molecular complexity index is 315. The van der Waals surface area contributed by atoms with Gasteiger partial charge in [0.1, 0.15) is 0 Å². The van der Waals surface area contributed by atoms with Gasteiger partial charge in [-0.15, -0.1) is 0 Å². The standard InChI is InChI=1S/C10H10O4.K.H/c1-13-9(11)7-3-5-8(6-4-7)10(12)14-2;;/h3-6H,1-2H3;;/q;+1;-1. The third-order valence-electron chi connectivity index (χ3n) is 1.73. The van der Waals surface area contributed by atoms with Crippen molar-refractivity contribution in [1.29, 1.82) is 0 Å². The fourth-order valence-electron chi connectivity index (χ4n) is 0.978. The first-order valence-corrected chi connectivity index (χ1v) is 3.95. The Morgan fingerprint density at radius 1 is 0.933 bits per heavy atom. The van der Waals surface area contributed by atoms with Gasteiger partial charge >= 0.3 is 63.3 Å². The van der Waals surface area contributed by atoms with Crippen molar-refractivity contribution in [3.05, 3.63) is 35.4 Å². The zero-order chi connectivity index (χ0) is 10.6. The van der Waals surface area contributed by atoms with Crippen LogP contribution in [-0.4, -0.2) is 26.2 Å². The maximum Gasteiger partial charge on any atom is 1.00 e. The molecule has 0 aliphatic carbocycles. The van der Waals surface area contributed by atoms with Crippen molar-refractivity contribution < 1.29 is 71.9 Å². The van der Waals surface area contributed by atoms with E-state index in [1.165, 1.54) is 38.5 Å². The monoisotopic (exact) mass is 234 g/mol. The van der Waals surface area contributed by atoms with Crippen molar-refractivity contribution in [3.63, 3.8) is 0 Å². The maximum atomic E-state index is 11.0. The van der Waals surface area contributed by atoms with Gasteiger partial charge in [-0.05, 0) is 24.3 Å². The Morgan fingerprint density at radius 3 is 1.40 bits per heavy atom. The van der Waals surface area contributed by atoms with Crippen LogP contribution in [0.3, 0.4) is 0 Å². The number of ether oxygens (including phenoxy) is 2. The summed E-state index contributed by atoms with van der Waals surface area (Å²) in [5, 5.41) is 0. The van der Waals surface area contributed by atoms with Crippen molar-refractivity contribution in [2.45, 2.75) is 0 Å². The Morgan fingerprint density at radius 2 is 1.20 bits per heavy atom. The molecule has 0 saturated carbocycles. The molecule has 0 radical (unpaired) electrons. The van der Waals surface area contributed by atoms with Crippen molar-refractivity contribution in [2.24, 2.45) is 0 Å². The first-order chi connectivity index (χ1) is 6.69. The van der Waals surface area contributed by atoms with Gasteiger partial charge in [0.25, 0.3) is 0 Å². The van der Waals surface area contributed by atoms with Gasteiger partial charge in [0, 0.05) is 0 Å². The van der Waals surface area contributed by atoms with Gasteiger partial charge in [0.05, 0.1) is 25.3 Å². The minimum Gasteiger partial charge on any atom is -1.00 e. The number of esters is 2. The molecule has 5 heteroatoms. The predicted molar refractivity (Wildman–Crippen MR) is 50.2 cm³/mol. The Hall–Kier alpha value is -0.204. The minimum absolute atomic E-state index is 0. The summed E-state index contributed by atoms with van der Waals surface area (Å²) in [4.78, 5) is 22.1. The SMILES string of the molecule is COC(=O)c1ccc(C(=O)OC)cc1.[H-].[K+]. The largest absolute Gasteiger partial charge is 1.00 e. The van der Waals surface area contributed by atoms with E-state index in [9.17, 15) is 9.59 Å². The number of carbonyl (C=O) groups excluding carboxylic acids is 2. The summed E-state index contributed by atoms with van der Waals surface area (Å²) in [6.45, 7) is 0. The van der Waals surface area contributed by atoms with Crippen molar-refractivity contribution >= 4 is 11.9 Å². The third kappa shape index (κ3) is 4.04. The summed E-state index contributed by atoms with van der Waals surface area (Å²) in [5.74, 6) is -0.858. The van der Waals surface area contributed by atoms with Crippen LogP contribution in [0.15, 0.2) is 24.3 Å². The second-order valence-corrected chi connectivity index (χ2v) is 2.56. The topological polar surface area (TPSA) is 52.6 Å². The average Bonchev–Trinajstić information content (AvgIpc) is 2.27. The van der Waals surface area contributed by atoms with Crippen molar-refractivity contribution in [1.82, 2.24) is 0 Å². The van der Waals surface area contributed by atoms with Crippen LogP contribution in [0.4, 0.5) is 0 Å². The Balaban J connectivity index is 0. The quantitative estimate of drug-likeness (QED) is 0.456. The van der Waals surface area contributed by atoms with Gasteiger partial charge in [-0.25, -0.2) is 9.59 Å². The van der Waals surface area contributed by atoms with Crippen molar-refractivity contribution in [2.75, 3.05) is 14.2 Å². The van der Waals surface area contributed by atoms with Gasteiger partial charge in [0.2, 0.25) is 0 Å². The predicted octanol–water partition coefficient (Wildman–Crippen LogP) is -1.62. The second kappa shape index (κ2) is 7.13. The molecule has 0 aromatic heterocycles. The smallest absolute Gasteiger partial charge is 1.00 e. The van der Waals surface area contributed by atoms with Gasteiger partial charge < -0.3 is 10.9 Å². The van der Waals surface area contributed by atoms with E-state index in [4.69, 9.17) is 0 Å². The summed E-state index contributed by atoms with van der Waals surface area (Å²) in [5.41, 5.74) is 0.806. The van der Waals surface area contributed by atoms with Crippen LogP contribution in [0.2, 0.25) is 0 Å². The molecule has 0 heterocycles. The summed E-state index contributed by atoms with van der Waals surface area (Å²) < 4.78 is 9.02. The molecule has 0 unspecified atom stereocenters. The van der Waals surface area contributed by atoms with E-state index in [1.54, 1.807) is 0 Å². The summed E-state index contributed by atoms with van der Waals surface area (Å²) in [6.07, 6.45) is 0. The van der Waals surface area contributed by atoms with Crippen LogP contribution < -0.4 is 51.4 Å². The average molecular weight is 234 g/mol. The Kier molecular flexibility index (Phi) is 7.04. The van der Waals surface area contributed by atoms with Crippen LogP contribution in [0.25, 0.3) is 0 Å². The third-order valence-corrected chi connectivity index (χ3v) is 1.73. The minimum atomic E-state index is -0.429. The molecule has 0 saturated heterocycles. The van der Waals surface area contributed by atoms with Gasteiger partial charge in [0.15, 0.2) is 0 Å². The molecule has 0 atom stereocenters. The number of methoxy groups -OCH3 is 2. The number of benzene rings is 1. The van der Waals surface area contributed by atoms with E-state index in [1.807, 2.05) is 0 Å². The van der Waals surface area contributed by atoms with Gasteiger partial charge in [-0.2, -0.15) is 0 Å². The normalized spacial score (nSPS) is 8.67. The molecule has 0 fully saturated rings. The first-order valence-electron chi connectivity index (χ1n) is 3.95. The van der Waals surface area contributed by atoms with E-state index in [0.29, 0.717) is 11.1 Å². The number of rotatable bonds is 2. The molecule has 0 bridgehead atoms. The molecule has 76 valence electrons. The molecule has 15 heavy (non-hydrogen) atoms. The van der Waals surface area contributed by atoms with Gasteiger partial charge in [-0.3, -0.25) is 0 Å². The maximum absolute atomic E-state index is 11.0. The van der Waals surface area contributed by atoms with Crippen LogP contribution in [0.5, 0.6) is 0 Å². The van der Waals surface area contributed by atoms with Crippen LogP contribution >= 0.6 is 0 Å². The van der Waals surface area contributed by atoms with Crippen LogP contribution in [0.1, 0.15) is 22.1 Å². The first kappa shape index (κ1) is 14.8. The van der Waals surface area contributed by atoms with E-state index >= 15 is 0 Å². The fourth-order valence-corrected chi connectivity index (χ4v) is 0.978. The molecular weight excluding hydrogens is 223 g/mol. The fraction of sp³-hybridized carbons (Fsp3) is 0.200. The zero-order valence-electron chi connectivity index (χ0n) is 9.94. The zero-order valence-corrected chi connectivity index (χ0v) is 12.1. The molecule has 0 aliphatic heterocycles. The second-order valence-electron chi connectivity index (χ2n) is 2.56. The molecular formula is C10H11KO4. The molecule has 1 aromatic rings. The van der Waals surface area contributed by atoms with Crippen LogP contribution in [-0.2, 0) is 9.47 Å². The molecule has 1 rings (SSSR count). The molecule has 0 amide bonds. The summed E-state index contributed by atoms with van der Waals surface area (Å²) >= 11 is 0. The molecule has 1 aromatic carbocycles. The summed E-state index contributed by atoms with van der Waals surface area (Å²) in [7, 11) is 2.60. The van der Waals surface area contributed by atoms with Gasteiger partial charge in [-0.1, -0.05) is 0 Å². The molecule has 4 nitrogen and oxygen atoms in total. The van der Waals surface area contributed by atoms with Crippen LogP contribution in [0, 0.1) is 0 Å². The Labute approximate surface area is 132 Å². The molecule has 0 N–H and O–H groups in total.